The summed E-state index contributed by atoms with van der Waals surface area (Å²) < 4.78 is 33.1. The minimum absolute atomic E-state index is 0.137. The van der Waals surface area contributed by atoms with Crippen molar-refractivity contribution in [1.82, 2.24) is 19.1 Å². The Morgan fingerprint density at radius 2 is 2.14 bits per heavy atom. The Morgan fingerprint density at radius 3 is 2.82 bits per heavy atom. The zero-order valence-electron chi connectivity index (χ0n) is 12.0. The predicted octanol–water partition coefficient (Wildman–Crippen LogP) is 1.31. The summed E-state index contributed by atoms with van der Waals surface area (Å²) in [5, 5.41) is 0. The zero-order chi connectivity index (χ0) is 15.7. The third kappa shape index (κ3) is 2.42. The molecule has 22 heavy (non-hydrogen) atoms. The van der Waals surface area contributed by atoms with Crippen LogP contribution in [0.5, 0.6) is 5.75 Å². The lowest BCUT2D eigenvalue weighted by molar-refractivity contribution is 0.415. The van der Waals surface area contributed by atoms with Crippen LogP contribution in [0.4, 0.5) is 0 Å². The van der Waals surface area contributed by atoms with E-state index in [9.17, 15) is 8.42 Å². The number of ether oxygens (including phenoxy) is 1. The molecule has 0 atom stereocenters. The monoisotopic (exact) mass is 318 g/mol. The largest absolute Gasteiger partial charge is 0.496 e. The maximum atomic E-state index is 11.9. The van der Waals surface area contributed by atoms with Crippen LogP contribution in [-0.4, -0.2) is 36.9 Å². The second-order valence-electron chi connectivity index (χ2n) is 4.52. The lowest BCUT2D eigenvalue weighted by atomic mass is 10.1. The summed E-state index contributed by atoms with van der Waals surface area (Å²) in [5.41, 5.74) is 1.35. The van der Waals surface area contributed by atoms with Crippen molar-refractivity contribution in [3.63, 3.8) is 0 Å². The number of sulfonamides is 1. The zero-order valence-corrected chi connectivity index (χ0v) is 12.8. The van der Waals surface area contributed by atoms with E-state index in [0.717, 1.165) is 0 Å². The van der Waals surface area contributed by atoms with E-state index >= 15 is 0 Å². The molecule has 0 unspecified atom stereocenters. The van der Waals surface area contributed by atoms with E-state index in [0.29, 0.717) is 22.8 Å². The van der Waals surface area contributed by atoms with Gasteiger partial charge in [-0.1, -0.05) is 0 Å². The number of hydrogen-bond acceptors (Lipinski definition) is 5. The Balaban J connectivity index is 2.14. The van der Waals surface area contributed by atoms with Gasteiger partial charge in [0.15, 0.2) is 0 Å². The summed E-state index contributed by atoms with van der Waals surface area (Å²) in [6, 6.07) is 6.46. The molecule has 3 rings (SSSR count). The highest BCUT2D eigenvalue weighted by Crippen LogP contribution is 2.31. The van der Waals surface area contributed by atoms with E-state index in [4.69, 9.17) is 4.74 Å². The molecule has 2 aromatic heterocycles. The molecule has 0 saturated heterocycles. The van der Waals surface area contributed by atoms with Crippen molar-refractivity contribution in [2.75, 3.05) is 14.2 Å². The number of rotatable bonds is 4. The third-order valence-corrected chi connectivity index (χ3v) is 4.68. The lowest BCUT2D eigenvalue weighted by Gasteiger charge is -2.09. The van der Waals surface area contributed by atoms with E-state index in [1.807, 2.05) is 12.4 Å². The van der Waals surface area contributed by atoms with Crippen molar-refractivity contribution in [1.29, 1.82) is 0 Å². The summed E-state index contributed by atoms with van der Waals surface area (Å²) >= 11 is 0. The minimum atomic E-state index is -3.52. The first-order valence-electron chi connectivity index (χ1n) is 6.47. The van der Waals surface area contributed by atoms with Gasteiger partial charge in [-0.15, -0.1) is 0 Å². The molecule has 0 amide bonds. The van der Waals surface area contributed by atoms with E-state index in [1.54, 1.807) is 22.7 Å². The molecule has 3 aromatic rings. The Labute approximate surface area is 127 Å². The maximum Gasteiger partial charge on any atom is 0.240 e. The Bertz CT molecular complexity index is 901. The molecular formula is C14H14N4O3S. The van der Waals surface area contributed by atoms with Gasteiger partial charge in [-0.25, -0.2) is 23.1 Å². The van der Waals surface area contributed by atoms with Crippen molar-refractivity contribution in [3.05, 3.63) is 42.9 Å². The molecule has 1 N–H and O–H groups in total. The molecule has 0 saturated carbocycles. The fourth-order valence-corrected chi connectivity index (χ4v) is 2.87. The average Bonchev–Trinajstić information content (AvgIpc) is 2.98. The lowest BCUT2D eigenvalue weighted by Crippen LogP contribution is -2.18. The molecule has 0 spiro atoms. The SMILES string of the molecule is CNS(=O)(=O)c1ccc(-c2cn3cccnc3n2)c(OC)c1. The second kappa shape index (κ2) is 5.39. The standard InChI is InChI=1S/C14H14N4O3S/c1-15-22(19,20)10-4-5-11(13(8-10)21-2)12-9-18-7-3-6-16-14(18)17-12/h3-9,15H,1-2H3. The summed E-state index contributed by atoms with van der Waals surface area (Å²) in [6.07, 6.45) is 5.31. The van der Waals surface area contributed by atoms with Gasteiger partial charge in [0.05, 0.1) is 17.7 Å². The van der Waals surface area contributed by atoms with Gasteiger partial charge in [0.1, 0.15) is 5.75 Å². The van der Waals surface area contributed by atoms with Crippen LogP contribution in [-0.2, 0) is 10.0 Å². The van der Waals surface area contributed by atoms with E-state index in [2.05, 4.69) is 14.7 Å². The molecule has 7 nitrogen and oxygen atoms in total. The highest BCUT2D eigenvalue weighted by atomic mass is 32.2. The van der Waals surface area contributed by atoms with Gasteiger partial charge in [-0.3, -0.25) is 4.40 Å². The van der Waals surface area contributed by atoms with Gasteiger partial charge in [0, 0.05) is 30.2 Å². The minimum Gasteiger partial charge on any atom is -0.496 e. The third-order valence-electron chi connectivity index (χ3n) is 3.26. The van der Waals surface area contributed by atoms with Crippen LogP contribution in [0.2, 0.25) is 0 Å². The highest BCUT2D eigenvalue weighted by Gasteiger charge is 2.16. The molecule has 114 valence electrons. The first kappa shape index (κ1) is 14.5. The quantitative estimate of drug-likeness (QED) is 0.784. The van der Waals surface area contributed by atoms with Crippen molar-refractivity contribution < 1.29 is 13.2 Å². The second-order valence-corrected chi connectivity index (χ2v) is 6.41. The molecule has 0 aliphatic rings. The summed E-state index contributed by atoms with van der Waals surface area (Å²) in [5.74, 6) is 0.992. The Kier molecular flexibility index (Phi) is 3.55. The van der Waals surface area contributed by atoms with Gasteiger partial charge >= 0.3 is 0 Å². The first-order valence-corrected chi connectivity index (χ1v) is 7.95. The van der Waals surface area contributed by atoms with Gasteiger partial charge in [0.2, 0.25) is 15.8 Å². The van der Waals surface area contributed by atoms with Gasteiger partial charge < -0.3 is 4.74 Å². The summed E-state index contributed by atoms with van der Waals surface area (Å²) in [7, 11) is -0.669. The number of hydrogen-bond donors (Lipinski definition) is 1. The fraction of sp³-hybridized carbons (Fsp3) is 0.143. The molecule has 0 aliphatic carbocycles. The smallest absolute Gasteiger partial charge is 0.240 e. The Morgan fingerprint density at radius 1 is 1.32 bits per heavy atom. The molecule has 0 aliphatic heterocycles. The molecular weight excluding hydrogens is 304 g/mol. The first-order chi connectivity index (χ1) is 10.5. The molecule has 0 radical (unpaired) electrons. The molecule has 0 fully saturated rings. The molecule has 0 bridgehead atoms. The van der Waals surface area contributed by atoms with Crippen LogP contribution >= 0.6 is 0 Å². The number of aromatic nitrogens is 3. The molecule has 1 aromatic carbocycles. The number of imidazole rings is 1. The number of nitrogens with zero attached hydrogens (tertiary/aromatic N) is 3. The highest BCUT2D eigenvalue weighted by molar-refractivity contribution is 7.89. The van der Waals surface area contributed by atoms with Crippen LogP contribution in [0, 0.1) is 0 Å². The topological polar surface area (TPSA) is 85.6 Å². The normalized spacial score (nSPS) is 11.7. The number of methoxy groups -OCH3 is 1. The van der Waals surface area contributed by atoms with Crippen LogP contribution < -0.4 is 9.46 Å². The van der Waals surface area contributed by atoms with Crippen LogP contribution in [0.25, 0.3) is 17.0 Å². The maximum absolute atomic E-state index is 11.9. The van der Waals surface area contributed by atoms with Crippen molar-refractivity contribution >= 4 is 15.8 Å². The number of benzene rings is 1. The van der Waals surface area contributed by atoms with Crippen molar-refractivity contribution in [2.45, 2.75) is 4.90 Å². The van der Waals surface area contributed by atoms with E-state index in [1.165, 1.54) is 26.3 Å². The van der Waals surface area contributed by atoms with E-state index < -0.39 is 10.0 Å². The van der Waals surface area contributed by atoms with Crippen LogP contribution in [0.3, 0.4) is 0 Å². The Hall–Kier alpha value is -2.45. The van der Waals surface area contributed by atoms with E-state index in [-0.39, 0.29) is 4.90 Å². The summed E-state index contributed by atoms with van der Waals surface area (Å²) in [4.78, 5) is 8.71. The average molecular weight is 318 g/mol. The van der Waals surface area contributed by atoms with Gasteiger partial charge in [-0.2, -0.15) is 0 Å². The van der Waals surface area contributed by atoms with Gasteiger partial charge in [-0.05, 0) is 25.2 Å². The molecule has 2 heterocycles. The summed E-state index contributed by atoms with van der Waals surface area (Å²) in [6.45, 7) is 0. The van der Waals surface area contributed by atoms with Gasteiger partial charge in [0.25, 0.3) is 0 Å². The fourth-order valence-electron chi connectivity index (χ4n) is 2.13. The van der Waals surface area contributed by atoms with Crippen molar-refractivity contribution in [3.8, 4) is 17.0 Å². The van der Waals surface area contributed by atoms with Crippen LogP contribution in [0.1, 0.15) is 0 Å². The predicted molar refractivity (Wildman–Crippen MR) is 81.2 cm³/mol. The van der Waals surface area contributed by atoms with Crippen LogP contribution in [0.15, 0.2) is 47.8 Å². The van der Waals surface area contributed by atoms with Crippen molar-refractivity contribution in [2.24, 2.45) is 0 Å². The number of fused-ring (bicyclic) bond motifs is 1. The number of nitrogens with one attached hydrogen (secondary N) is 1. The molecule has 8 heteroatoms.